The number of hydrogen-bond donors (Lipinski definition) is 1. The molecular formula is C22H18F2N6O4S. The lowest BCUT2D eigenvalue weighted by molar-refractivity contribution is -0.140. The molecule has 3 aromatic heterocycles. The number of hydrogen-bond acceptors (Lipinski definition) is 8. The zero-order valence-corrected chi connectivity index (χ0v) is 19.0. The van der Waals surface area contributed by atoms with Crippen LogP contribution in [0.3, 0.4) is 0 Å². The summed E-state index contributed by atoms with van der Waals surface area (Å²) in [5, 5.41) is 11.4. The Morgan fingerprint density at radius 2 is 2.23 bits per heavy atom. The number of cyclic esters (lactones) is 1. The first-order chi connectivity index (χ1) is 16.9. The van der Waals surface area contributed by atoms with Crippen molar-refractivity contribution in [2.24, 2.45) is 0 Å². The number of anilines is 1. The van der Waals surface area contributed by atoms with Gasteiger partial charge in [-0.15, -0.1) is 11.8 Å². The van der Waals surface area contributed by atoms with Gasteiger partial charge in [-0.25, -0.2) is 14.3 Å². The maximum Gasteiger partial charge on any atom is 0.387 e. The minimum Gasteiger partial charge on any atom is -0.464 e. The van der Waals surface area contributed by atoms with Crippen LogP contribution < -0.4 is 10.1 Å². The summed E-state index contributed by atoms with van der Waals surface area (Å²) in [6.07, 6.45) is 8.25. The van der Waals surface area contributed by atoms with Gasteiger partial charge >= 0.3 is 12.6 Å². The minimum absolute atomic E-state index is 0.120. The summed E-state index contributed by atoms with van der Waals surface area (Å²) < 4.78 is 38.9. The Hall–Kier alpha value is -4.00. The molecule has 1 aromatic carbocycles. The monoisotopic (exact) mass is 500 g/mol. The van der Waals surface area contributed by atoms with Gasteiger partial charge in [-0.05, 0) is 30.5 Å². The average molecular weight is 500 g/mol. The molecule has 1 aliphatic rings. The van der Waals surface area contributed by atoms with Crippen molar-refractivity contribution in [2.45, 2.75) is 24.0 Å². The number of benzene rings is 1. The first kappa shape index (κ1) is 22.8. The molecule has 0 unspecified atom stereocenters. The van der Waals surface area contributed by atoms with E-state index in [1.54, 1.807) is 24.4 Å². The van der Waals surface area contributed by atoms with Crippen molar-refractivity contribution in [2.75, 3.05) is 18.2 Å². The van der Waals surface area contributed by atoms with Gasteiger partial charge in [0.15, 0.2) is 11.7 Å². The molecule has 180 valence electrons. The summed E-state index contributed by atoms with van der Waals surface area (Å²) in [5.41, 5.74) is 1.13. The highest BCUT2D eigenvalue weighted by molar-refractivity contribution is 7.98. The standard InChI is InChI=1S/C22H18F2N6O4S/c1-35-12-3-4-17(34-22(23)24)13(9-12)18-15(11-30(28-18)16-5-8-33-21(16)32)27-20(31)14-10-26-29-7-2-6-25-19(14)29/h2-4,6-7,9-11,16,22H,5,8H2,1H3,(H,27,31)/t16-/m0/s1. The van der Waals surface area contributed by atoms with E-state index in [1.807, 2.05) is 6.26 Å². The number of carbonyl (C=O) groups excluding carboxylic acids is 2. The molecule has 4 heterocycles. The number of alkyl halides is 2. The average Bonchev–Trinajstić information content (AvgIpc) is 3.57. The van der Waals surface area contributed by atoms with Crippen LogP contribution in [0.2, 0.25) is 0 Å². The Morgan fingerprint density at radius 1 is 1.37 bits per heavy atom. The molecule has 1 saturated heterocycles. The van der Waals surface area contributed by atoms with E-state index < -0.39 is 24.5 Å². The number of ether oxygens (including phenoxy) is 2. The SMILES string of the molecule is CSc1ccc(OC(F)F)c(-c2nn([C@H]3CCOC3=O)cc2NC(=O)c2cnn3cccnc23)c1. The highest BCUT2D eigenvalue weighted by atomic mass is 32.2. The Bertz CT molecular complexity index is 1420. The van der Waals surface area contributed by atoms with Gasteiger partial charge in [0.1, 0.15) is 17.0 Å². The van der Waals surface area contributed by atoms with Crippen molar-refractivity contribution in [1.29, 1.82) is 0 Å². The van der Waals surface area contributed by atoms with Gasteiger partial charge in [0.2, 0.25) is 0 Å². The minimum atomic E-state index is -3.07. The summed E-state index contributed by atoms with van der Waals surface area (Å²) in [6.45, 7) is -2.83. The number of halogens is 2. The number of nitrogens with one attached hydrogen (secondary N) is 1. The van der Waals surface area contributed by atoms with Gasteiger partial charge in [0.05, 0.1) is 24.7 Å². The first-order valence-electron chi connectivity index (χ1n) is 10.4. The normalized spacial score (nSPS) is 15.5. The van der Waals surface area contributed by atoms with Crippen LogP contribution in [0.25, 0.3) is 16.9 Å². The predicted octanol–water partition coefficient (Wildman–Crippen LogP) is 3.66. The van der Waals surface area contributed by atoms with Crippen molar-refractivity contribution in [3.05, 3.63) is 54.6 Å². The van der Waals surface area contributed by atoms with Gasteiger partial charge in [-0.2, -0.15) is 19.0 Å². The lowest BCUT2D eigenvalue weighted by Gasteiger charge is -2.12. The molecule has 35 heavy (non-hydrogen) atoms. The lowest BCUT2D eigenvalue weighted by Crippen LogP contribution is -2.15. The second-order valence-corrected chi connectivity index (χ2v) is 8.36. The molecule has 0 aliphatic carbocycles. The Morgan fingerprint density at radius 3 is 2.97 bits per heavy atom. The smallest absolute Gasteiger partial charge is 0.387 e. The van der Waals surface area contributed by atoms with Crippen molar-refractivity contribution < 1.29 is 27.8 Å². The van der Waals surface area contributed by atoms with Gasteiger partial charge in [0, 0.05) is 29.3 Å². The van der Waals surface area contributed by atoms with E-state index in [4.69, 9.17) is 9.47 Å². The van der Waals surface area contributed by atoms with Crippen LogP contribution in [0.15, 0.2) is 53.9 Å². The Labute approximate surface area is 201 Å². The zero-order chi connectivity index (χ0) is 24.5. The van der Waals surface area contributed by atoms with Gasteiger partial charge in [0.25, 0.3) is 5.91 Å². The fourth-order valence-corrected chi connectivity index (χ4v) is 4.20. The topological polar surface area (TPSA) is 113 Å². The molecule has 0 radical (unpaired) electrons. The summed E-state index contributed by atoms with van der Waals surface area (Å²) in [7, 11) is 0. The summed E-state index contributed by atoms with van der Waals surface area (Å²) in [4.78, 5) is 30.3. The number of fused-ring (bicyclic) bond motifs is 1. The molecule has 13 heteroatoms. The van der Waals surface area contributed by atoms with E-state index in [-0.39, 0.29) is 34.9 Å². The fraction of sp³-hybridized carbons (Fsp3) is 0.227. The van der Waals surface area contributed by atoms with E-state index in [9.17, 15) is 18.4 Å². The van der Waals surface area contributed by atoms with E-state index >= 15 is 0 Å². The lowest BCUT2D eigenvalue weighted by atomic mass is 10.1. The largest absolute Gasteiger partial charge is 0.464 e. The third kappa shape index (κ3) is 4.41. The van der Waals surface area contributed by atoms with Crippen LogP contribution in [-0.4, -0.2) is 55.7 Å². The number of thioether (sulfide) groups is 1. The number of amides is 1. The number of esters is 1. The van der Waals surface area contributed by atoms with Crippen molar-refractivity contribution in [3.8, 4) is 17.0 Å². The number of rotatable bonds is 7. The second kappa shape index (κ2) is 9.33. The molecule has 1 amide bonds. The van der Waals surface area contributed by atoms with E-state index in [1.165, 1.54) is 45.6 Å². The highest BCUT2D eigenvalue weighted by Gasteiger charge is 2.31. The van der Waals surface area contributed by atoms with Gasteiger partial charge in [-0.1, -0.05) is 0 Å². The fourth-order valence-electron chi connectivity index (χ4n) is 3.76. The van der Waals surface area contributed by atoms with Crippen molar-refractivity contribution in [1.82, 2.24) is 24.4 Å². The Balaban J connectivity index is 1.60. The molecule has 10 nitrogen and oxygen atoms in total. The molecule has 0 spiro atoms. The maximum absolute atomic E-state index is 13.2. The third-order valence-electron chi connectivity index (χ3n) is 5.39. The van der Waals surface area contributed by atoms with E-state index in [0.717, 1.165) is 4.90 Å². The molecule has 1 fully saturated rings. The van der Waals surface area contributed by atoms with E-state index in [0.29, 0.717) is 12.1 Å². The molecule has 0 bridgehead atoms. The van der Waals surface area contributed by atoms with Crippen LogP contribution in [0.5, 0.6) is 5.75 Å². The van der Waals surface area contributed by atoms with Crippen LogP contribution >= 0.6 is 11.8 Å². The van der Waals surface area contributed by atoms with Crippen LogP contribution in [0, 0.1) is 0 Å². The van der Waals surface area contributed by atoms with Crippen molar-refractivity contribution in [3.63, 3.8) is 0 Å². The maximum atomic E-state index is 13.2. The quantitative estimate of drug-likeness (QED) is 0.302. The predicted molar refractivity (Wildman–Crippen MR) is 122 cm³/mol. The zero-order valence-electron chi connectivity index (χ0n) is 18.2. The van der Waals surface area contributed by atoms with Gasteiger partial charge < -0.3 is 14.8 Å². The molecule has 1 aliphatic heterocycles. The highest BCUT2D eigenvalue weighted by Crippen LogP contribution is 2.38. The van der Waals surface area contributed by atoms with Crippen LogP contribution in [0.1, 0.15) is 22.8 Å². The van der Waals surface area contributed by atoms with Gasteiger partial charge in [-0.3, -0.25) is 9.48 Å². The molecule has 1 atom stereocenters. The van der Waals surface area contributed by atoms with E-state index in [2.05, 4.69) is 20.5 Å². The van der Waals surface area contributed by atoms with Crippen molar-refractivity contribution >= 4 is 35.0 Å². The van der Waals surface area contributed by atoms with Crippen LogP contribution in [-0.2, 0) is 9.53 Å². The number of aromatic nitrogens is 5. The second-order valence-electron chi connectivity index (χ2n) is 7.48. The number of nitrogens with zero attached hydrogens (tertiary/aromatic N) is 5. The summed E-state index contributed by atoms with van der Waals surface area (Å²) in [5.74, 6) is -1.12. The first-order valence-corrected chi connectivity index (χ1v) is 11.7. The number of carbonyl (C=O) groups is 2. The summed E-state index contributed by atoms with van der Waals surface area (Å²) in [6, 6.07) is 5.65. The molecule has 5 rings (SSSR count). The molecular weight excluding hydrogens is 482 g/mol. The molecule has 1 N–H and O–H groups in total. The third-order valence-corrected chi connectivity index (χ3v) is 6.11. The summed E-state index contributed by atoms with van der Waals surface area (Å²) >= 11 is 1.40. The Kier molecular flexibility index (Phi) is 6.07. The molecule has 0 saturated carbocycles. The molecule has 4 aromatic rings. The van der Waals surface area contributed by atoms with Crippen LogP contribution in [0.4, 0.5) is 14.5 Å².